The van der Waals surface area contributed by atoms with Crippen LogP contribution in [0.25, 0.3) is 22.4 Å². The number of benzene rings is 3. The van der Waals surface area contributed by atoms with E-state index in [1.165, 1.54) is 6.07 Å². The Morgan fingerprint density at radius 2 is 1.80 bits per heavy atom. The van der Waals surface area contributed by atoms with Gasteiger partial charge in [0, 0.05) is 10.0 Å². The minimum atomic E-state index is -0.273. The molecule has 0 aliphatic carbocycles. The summed E-state index contributed by atoms with van der Waals surface area (Å²) in [5.74, 6) is 1.08. The molecule has 0 aliphatic heterocycles. The molecule has 25 heavy (non-hydrogen) atoms. The number of hydrogen-bond donors (Lipinski definition) is 1. The summed E-state index contributed by atoms with van der Waals surface area (Å²) in [6, 6.07) is 20.1. The Morgan fingerprint density at radius 1 is 1.00 bits per heavy atom. The molecule has 1 N–H and O–H groups in total. The van der Waals surface area contributed by atoms with Crippen molar-refractivity contribution in [2.45, 2.75) is 6.61 Å². The van der Waals surface area contributed by atoms with Gasteiger partial charge in [0.15, 0.2) is 0 Å². The Morgan fingerprint density at radius 3 is 2.64 bits per heavy atom. The standard InChI is InChI=1S/C20H14BrFN2O/c21-14-9-10-19(25-12-13-5-1-2-6-16(13)22)15(11-14)20-23-17-7-3-4-8-18(17)24-20/h1-11H,12H2,(H,23,24). The zero-order chi connectivity index (χ0) is 17.2. The van der Waals surface area contributed by atoms with Crippen LogP contribution in [0.15, 0.2) is 71.2 Å². The van der Waals surface area contributed by atoms with Gasteiger partial charge in [0.05, 0.1) is 16.6 Å². The summed E-state index contributed by atoms with van der Waals surface area (Å²) in [4.78, 5) is 7.93. The van der Waals surface area contributed by atoms with E-state index in [4.69, 9.17) is 4.74 Å². The van der Waals surface area contributed by atoms with Crippen molar-refractivity contribution in [3.05, 3.63) is 82.6 Å². The minimum absolute atomic E-state index is 0.154. The molecule has 0 aliphatic rings. The molecule has 0 saturated carbocycles. The molecule has 124 valence electrons. The summed E-state index contributed by atoms with van der Waals surface area (Å²) in [5, 5.41) is 0. The number of H-pyrrole nitrogens is 1. The van der Waals surface area contributed by atoms with Crippen molar-refractivity contribution in [3.8, 4) is 17.1 Å². The molecule has 4 rings (SSSR count). The summed E-state index contributed by atoms with van der Waals surface area (Å²) in [7, 11) is 0. The fourth-order valence-corrected chi connectivity index (χ4v) is 3.03. The number of aromatic amines is 1. The molecule has 1 heterocycles. The normalized spacial score (nSPS) is 11.0. The van der Waals surface area contributed by atoms with E-state index < -0.39 is 0 Å². The van der Waals surface area contributed by atoms with Crippen LogP contribution in [0.5, 0.6) is 5.75 Å². The number of para-hydroxylation sites is 2. The van der Waals surface area contributed by atoms with Gasteiger partial charge in [-0.05, 0) is 36.4 Å². The van der Waals surface area contributed by atoms with Gasteiger partial charge < -0.3 is 9.72 Å². The van der Waals surface area contributed by atoms with Crippen LogP contribution in [-0.4, -0.2) is 9.97 Å². The predicted molar refractivity (Wildman–Crippen MR) is 100.0 cm³/mol. The van der Waals surface area contributed by atoms with E-state index >= 15 is 0 Å². The van der Waals surface area contributed by atoms with Crippen molar-refractivity contribution in [1.82, 2.24) is 9.97 Å². The lowest BCUT2D eigenvalue weighted by atomic mass is 10.2. The average molecular weight is 397 g/mol. The first-order valence-corrected chi connectivity index (χ1v) is 8.61. The number of nitrogens with zero attached hydrogens (tertiary/aromatic N) is 1. The SMILES string of the molecule is Fc1ccccc1COc1ccc(Br)cc1-c1nc2ccccc2[nH]1. The Labute approximate surface area is 152 Å². The molecular weight excluding hydrogens is 383 g/mol. The molecule has 4 aromatic rings. The van der Waals surface area contributed by atoms with Gasteiger partial charge in [-0.15, -0.1) is 0 Å². The Hall–Kier alpha value is -2.66. The lowest BCUT2D eigenvalue weighted by molar-refractivity contribution is 0.301. The lowest BCUT2D eigenvalue weighted by Crippen LogP contribution is -2.00. The number of halogens is 2. The number of fused-ring (bicyclic) bond motifs is 1. The van der Waals surface area contributed by atoms with Crippen LogP contribution in [0.1, 0.15) is 5.56 Å². The van der Waals surface area contributed by atoms with Gasteiger partial charge in [-0.2, -0.15) is 0 Å². The number of ether oxygens (including phenoxy) is 1. The molecule has 5 heteroatoms. The third kappa shape index (κ3) is 3.28. The second kappa shape index (κ2) is 6.69. The highest BCUT2D eigenvalue weighted by Crippen LogP contribution is 2.33. The number of hydrogen-bond acceptors (Lipinski definition) is 2. The molecule has 0 unspecified atom stereocenters. The highest BCUT2D eigenvalue weighted by molar-refractivity contribution is 9.10. The van der Waals surface area contributed by atoms with Crippen LogP contribution in [0.2, 0.25) is 0 Å². The van der Waals surface area contributed by atoms with Gasteiger partial charge in [-0.1, -0.05) is 46.3 Å². The molecule has 3 nitrogen and oxygen atoms in total. The van der Waals surface area contributed by atoms with Crippen LogP contribution >= 0.6 is 15.9 Å². The second-order valence-electron chi connectivity index (χ2n) is 5.62. The average Bonchev–Trinajstić information content (AvgIpc) is 3.06. The zero-order valence-electron chi connectivity index (χ0n) is 13.2. The largest absolute Gasteiger partial charge is 0.488 e. The maximum atomic E-state index is 13.8. The summed E-state index contributed by atoms with van der Waals surface area (Å²) >= 11 is 3.49. The van der Waals surface area contributed by atoms with E-state index in [2.05, 4.69) is 25.9 Å². The lowest BCUT2D eigenvalue weighted by Gasteiger charge is -2.11. The molecule has 1 aromatic heterocycles. The summed E-state index contributed by atoms with van der Waals surface area (Å²) in [6.45, 7) is 0.154. The van der Waals surface area contributed by atoms with Gasteiger partial charge in [-0.25, -0.2) is 9.37 Å². The molecule has 0 saturated heterocycles. The number of aromatic nitrogens is 2. The van der Waals surface area contributed by atoms with Crippen molar-refractivity contribution in [2.75, 3.05) is 0 Å². The van der Waals surface area contributed by atoms with Crippen molar-refractivity contribution in [3.63, 3.8) is 0 Å². The van der Waals surface area contributed by atoms with Crippen LogP contribution in [0.4, 0.5) is 4.39 Å². The molecule has 3 aromatic carbocycles. The van der Waals surface area contributed by atoms with E-state index in [-0.39, 0.29) is 12.4 Å². The van der Waals surface area contributed by atoms with Crippen LogP contribution < -0.4 is 4.74 Å². The quantitative estimate of drug-likeness (QED) is 0.479. The number of imidazole rings is 1. The van der Waals surface area contributed by atoms with Crippen molar-refractivity contribution in [1.29, 1.82) is 0 Å². The van der Waals surface area contributed by atoms with E-state index in [0.29, 0.717) is 17.1 Å². The first kappa shape index (κ1) is 15.8. The van der Waals surface area contributed by atoms with Gasteiger partial charge >= 0.3 is 0 Å². The number of nitrogens with one attached hydrogen (secondary N) is 1. The maximum absolute atomic E-state index is 13.8. The number of rotatable bonds is 4. The van der Waals surface area contributed by atoms with E-state index in [1.807, 2.05) is 42.5 Å². The fourth-order valence-electron chi connectivity index (χ4n) is 2.66. The van der Waals surface area contributed by atoms with E-state index in [1.54, 1.807) is 18.2 Å². The van der Waals surface area contributed by atoms with Crippen LogP contribution in [0.3, 0.4) is 0 Å². The Bertz CT molecular complexity index is 1010. The van der Waals surface area contributed by atoms with Crippen molar-refractivity contribution >= 4 is 27.0 Å². The minimum Gasteiger partial charge on any atom is -0.488 e. The smallest absolute Gasteiger partial charge is 0.142 e. The van der Waals surface area contributed by atoms with Crippen LogP contribution in [0, 0.1) is 5.82 Å². The van der Waals surface area contributed by atoms with Gasteiger partial charge in [0.1, 0.15) is 24.0 Å². The van der Waals surface area contributed by atoms with Gasteiger partial charge in [0.2, 0.25) is 0 Å². The topological polar surface area (TPSA) is 37.9 Å². The third-order valence-corrected chi connectivity index (χ3v) is 4.42. The van der Waals surface area contributed by atoms with Gasteiger partial charge in [0.25, 0.3) is 0 Å². The summed E-state index contributed by atoms with van der Waals surface area (Å²) in [6.07, 6.45) is 0. The van der Waals surface area contributed by atoms with E-state index in [9.17, 15) is 4.39 Å². The van der Waals surface area contributed by atoms with Gasteiger partial charge in [-0.3, -0.25) is 0 Å². The molecular formula is C20H14BrFN2O. The molecule has 0 bridgehead atoms. The molecule has 0 spiro atoms. The molecule has 0 amide bonds. The van der Waals surface area contributed by atoms with Crippen molar-refractivity contribution in [2.24, 2.45) is 0 Å². The summed E-state index contributed by atoms with van der Waals surface area (Å²) < 4.78 is 20.6. The first-order valence-electron chi connectivity index (χ1n) is 7.81. The van der Waals surface area contributed by atoms with Crippen LogP contribution in [-0.2, 0) is 6.61 Å². The zero-order valence-corrected chi connectivity index (χ0v) is 14.8. The molecule has 0 fully saturated rings. The Kier molecular flexibility index (Phi) is 4.24. The highest BCUT2D eigenvalue weighted by Gasteiger charge is 2.13. The second-order valence-corrected chi connectivity index (χ2v) is 6.54. The van der Waals surface area contributed by atoms with Crippen molar-refractivity contribution < 1.29 is 9.13 Å². The van der Waals surface area contributed by atoms with E-state index in [0.717, 1.165) is 21.1 Å². The summed E-state index contributed by atoms with van der Waals surface area (Å²) in [5.41, 5.74) is 3.18. The monoisotopic (exact) mass is 396 g/mol. The molecule has 0 radical (unpaired) electrons. The highest BCUT2D eigenvalue weighted by atomic mass is 79.9. The predicted octanol–water partition coefficient (Wildman–Crippen LogP) is 5.71. The Balaban J connectivity index is 1.70. The fraction of sp³-hybridized carbons (Fsp3) is 0.0500. The first-order chi connectivity index (χ1) is 12.2. The molecule has 0 atom stereocenters. The third-order valence-electron chi connectivity index (χ3n) is 3.93. The maximum Gasteiger partial charge on any atom is 0.142 e.